The van der Waals surface area contributed by atoms with Crippen LogP contribution in [0.15, 0.2) is 60.0 Å². The fourth-order valence-corrected chi connectivity index (χ4v) is 4.09. The van der Waals surface area contributed by atoms with Gasteiger partial charge in [-0.3, -0.25) is 4.40 Å². The smallest absolute Gasteiger partial charge is 0.195 e. The third-order valence-corrected chi connectivity index (χ3v) is 5.40. The molecule has 0 unspecified atom stereocenters. The van der Waals surface area contributed by atoms with Crippen LogP contribution >= 0.6 is 11.3 Å². The average molecular weight is 347 g/mol. The molecule has 3 nitrogen and oxygen atoms in total. The predicted octanol–water partition coefficient (Wildman–Crippen LogP) is 5.31. The van der Waals surface area contributed by atoms with Gasteiger partial charge in [0, 0.05) is 17.5 Å². The highest BCUT2D eigenvalue weighted by Crippen LogP contribution is 2.33. The van der Waals surface area contributed by atoms with Crippen LogP contribution in [0.25, 0.3) is 27.5 Å². The molecule has 4 heteroatoms. The lowest BCUT2D eigenvalue weighted by molar-refractivity contribution is 0.867. The first-order chi connectivity index (χ1) is 12.2. The standard InChI is InChI=1S/C21H21N3S/c1-14(2)15-8-10-16(11-9-15)19-13-25-21-23-20(18(12-22)24(19)21)17-6-4-3-5-7-17/h3-11,13-14H,12,22H2,1-2H3. The number of rotatable bonds is 4. The van der Waals surface area contributed by atoms with E-state index in [1.807, 2.05) is 18.2 Å². The number of nitrogens with two attached hydrogens (primary N) is 1. The zero-order valence-electron chi connectivity index (χ0n) is 14.4. The van der Waals surface area contributed by atoms with Crippen molar-refractivity contribution in [3.05, 3.63) is 71.2 Å². The summed E-state index contributed by atoms with van der Waals surface area (Å²) in [4.78, 5) is 5.84. The van der Waals surface area contributed by atoms with Gasteiger partial charge in [-0.25, -0.2) is 4.98 Å². The van der Waals surface area contributed by atoms with E-state index >= 15 is 0 Å². The summed E-state index contributed by atoms with van der Waals surface area (Å²) in [6.07, 6.45) is 0. The van der Waals surface area contributed by atoms with E-state index in [0.29, 0.717) is 12.5 Å². The van der Waals surface area contributed by atoms with Gasteiger partial charge in [-0.05, 0) is 17.0 Å². The Bertz CT molecular complexity index is 995. The average Bonchev–Trinajstić information content (AvgIpc) is 3.21. The molecule has 0 bridgehead atoms. The number of nitrogens with zero attached hydrogens (tertiary/aromatic N) is 2. The Morgan fingerprint density at radius 3 is 2.36 bits per heavy atom. The van der Waals surface area contributed by atoms with E-state index in [9.17, 15) is 0 Å². The molecule has 0 spiro atoms. The molecule has 2 N–H and O–H groups in total. The van der Waals surface area contributed by atoms with Crippen molar-refractivity contribution in [3.63, 3.8) is 0 Å². The molecule has 0 aliphatic carbocycles. The van der Waals surface area contributed by atoms with Crippen LogP contribution in [-0.4, -0.2) is 9.38 Å². The number of benzene rings is 2. The highest BCUT2D eigenvalue weighted by Gasteiger charge is 2.17. The minimum absolute atomic E-state index is 0.458. The van der Waals surface area contributed by atoms with Gasteiger partial charge in [-0.1, -0.05) is 68.4 Å². The van der Waals surface area contributed by atoms with Gasteiger partial charge >= 0.3 is 0 Å². The Hall–Kier alpha value is -2.43. The van der Waals surface area contributed by atoms with Crippen molar-refractivity contribution in [1.82, 2.24) is 9.38 Å². The number of thiazole rings is 1. The van der Waals surface area contributed by atoms with Crippen molar-refractivity contribution in [2.45, 2.75) is 26.3 Å². The molecule has 0 saturated carbocycles. The lowest BCUT2D eigenvalue weighted by Crippen LogP contribution is -2.03. The molecule has 4 aromatic rings. The monoisotopic (exact) mass is 347 g/mol. The second kappa shape index (κ2) is 6.47. The predicted molar refractivity (Wildman–Crippen MR) is 106 cm³/mol. The summed E-state index contributed by atoms with van der Waals surface area (Å²) in [6.45, 7) is 4.89. The van der Waals surface area contributed by atoms with Crippen molar-refractivity contribution in [2.75, 3.05) is 0 Å². The fraction of sp³-hybridized carbons (Fsp3) is 0.190. The molecule has 2 heterocycles. The van der Waals surface area contributed by atoms with Crippen molar-refractivity contribution in [2.24, 2.45) is 5.73 Å². The minimum atomic E-state index is 0.458. The molecule has 4 rings (SSSR count). The van der Waals surface area contributed by atoms with Crippen LogP contribution in [0.1, 0.15) is 31.0 Å². The van der Waals surface area contributed by atoms with Gasteiger partial charge in [0.25, 0.3) is 0 Å². The summed E-state index contributed by atoms with van der Waals surface area (Å²) >= 11 is 1.66. The summed E-state index contributed by atoms with van der Waals surface area (Å²) in [5, 5.41) is 2.17. The lowest BCUT2D eigenvalue weighted by atomic mass is 10.0. The van der Waals surface area contributed by atoms with Crippen molar-refractivity contribution in [3.8, 4) is 22.5 Å². The molecule has 25 heavy (non-hydrogen) atoms. The normalized spacial score (nSPS) is 11.5. The topological polar surface area (TPSA) is 43.3 Å². The SMILES string of the molecule is CC(C)c1ccc(-c2csc3nc(-c4ccccc4)c(CN)n23)cc1. The van der Waals surface area contributed by atoms with E-state index in [-0.39, 0.29) is 0 Å². The van der Waals surface area contributed by atoms with Crippen LogP contribution < -0.4 is 5.73 Å². The van der Waals surface area contributed by atoms with Gasteiger partial charge in [-0.15, -0.1) is 11.3 Å². The van der Waals surface area contributed by atoms with Crippen LogP contribution in [0.2, 0.25) is 0 Å². The molecule has 2 aromatic carbocycles. The Balaban J connectivity index is 1.87. The summed E-state index contributed by atoms with van der Waals surface area (Å²) in [6, 6.07) is 19.1. The lowest BCUT2D eigenvalue weighted by Gasteiger charge is -2.08. The minimum Gasteiger partial charge on any atom is -0.325 e. The molecule has 0 saturated heterocycles. The zero-order chi connectivity index (χ0) is 17.4. The van der Waals surface area contributed by atoms with E-state index in [1.54, 1.807) is 11.3 Å². The van der Waals surface area contributed by atoms with Gasteiger partial charge in [0.15, 0.2) is 4.96 Å². The Kier molecular flexibility index (Phi) is 4.15. The number of imidazole rings is 1. The van der Waals surface area contributed by atoms with E-state index in [1.165, 1.54) is 11.1 Å². The van der Waals surface area contributed by atoms with Crippen molar-refractivity contribution >= 4 is 16.3 Å². The molecule has 0 aliphatic heterocycles. The molecule has 2 aromatic heterocycles. The first kappa shape index (κ1) is 16.1. The summed E-state index contributed by atoms with van der Waals surface area (Å²) in [7, 11) is 0. The number of aromatic nitrogens is 2. The second-order valence-electron chi connectivity index (χ2n) is 6.49. The van der Waals surface area contributed by atoms with E-state index in [4.69, 9.17) is 10.7 Å². The van der Waals surface area contributed by atoms with E-state index < -0.39 is 0 Å². The quantitative estimate of drug-likeness (QED) is 0.543. The van der Waals surface area contributed by atoms with Crippen molar-refractivity contribution < 1.29 is 0 Å². The second-order valence-corrected chi connectivity index (χ2v) is 7.33. The summed E-state index contributed by atoms with van der Waals surface area (Å²) in [5.74, 6) is 0.536. The molecular formula is C21H21N3S. The maximum absolute atomic E-state index is 6.11. The highest BCUT2D eigenvalue weighted by molar-refractivity contribution is 7.15. The van der Waals surface area contributed by atoms with E-state index in [2.05, 4.69) is 60.0 Å². The first-order valence-corrected chi connectivity index (χ1v) is 9.41. The summed E-state index contributed by atoms with van der Waals surface area (Å²) < 4.78 is 2.21. The number of hydrogen-bond acceptors (Lipinski definition) is 3. The van der Waals surface area contributed by atoms with Crippen LogP contribution in [0.3, 0.4) is 0 Å². The van der Waals surface area contributed by atoms with Crippen LogP contribution in [0.4, 0.5) is 0 Å². The molecule has 0 fully saturated rings. The maximum atomic E-state index is 6.11. The molecule has 0 aliphatic rings. The van der Waals surface area contributed by atoms with Gasteiger partial charge in [0.05, 0.1) is 17.1 Å². The third kappa shape index (κ3) is 2.77. The van der Waals surface area contributed by atoms with Gasteiger partial charge < -0.3 is 5.73 Å². The van der Waals surface area contributed by atoms with Crippen molar-refractivity contribution in [1.29, 1.82) is 0 Å². The summed E-state index contributed by atoms with van der Waals surface area (Å²) in [5.41, 5.74) is 13.0. The van der Waals surface area contributed by atoms with Crippen LogP contribution in [0.5, 0.6) is 0 Å². The highest BCUT2D eigenvalue weighted by atomic mass is 32.1. The third-order valence-electron chi connectivity index (χ3n) is 4.57. The Morgan fingerprint density at radius 2 is 1.72 bits per heavy atom. The van der Waals surface area contributed by atoms with Crippen LogP contribution in [0, 0.1) is 0 Å². The molecule has 0 atom stereocenters. The van der Waals surface area contributed by atoms with Crippen LogP contribution in [-0.2, 0) is 6.54 Å². The number of hydrogen-bond donors (Lipinski definition) is 1. The molecule has 0 radical (unpaired) electrons. The van der Waals surface area contributed by atoms with Gasteiger partial charge in [-0.2, -0.15) is 0 Å². The number of fused-ring (bicyclic) bond motifs is 1. The fourth-order valence-electron chi connectivity index (χ4n) is 3.17. The van der Waals surface area contributed by atoms with Gasteiger partial charge in [0.2, 0.25) is 0 Å². The zero-order valence-corrected chi connectivity index (χ0v) is 15.3. The largest absolute Gasteiger partial charge is 0.325 e. The van der Waals surface area contributed by atoms with E-state index in [0.717, 1.165) is 27.6 Å². The maximum Gasteiger partial charge on any atom is 0.195 e. The molecule has 0 amide bonds. The first-order valence-electron chi connectivity index (χ1n) is 8.53. The molecular weight excluding hydrogens is 326 g/mol. The van der Waals surface area contributed by atoms with Gasteiger partial charge in [0.1, 0.15) is 0 Å². The molecule has 126 valence electrons. The Labute approximate surface area is 151 Å². The Morgan fingerprint density at radius 1 is 1.00 bits per heavy atom.